The molecule has 0 saturated carbocycles. The average molecular weight is 419 g/mol. The van der Waals surface area contributed by atoms with E-state index in [0.29, 0.717) is 0 Å². The summed E-state index contributed by atoms with van der Waals surface area (Å²) in [7, 11) is -4.14. The molecule has 0 amide bonds. The number of anilines is 1. The van der Waals surface area contributed by atoms with Gasteiger partial charge in [0.25, 0.3) is 16.4 Å². The zero-order valence-electron chi connectivity index (χ0n) is 13.6. The molecule has 3 rings (SSSR count). The molecule has 1 N–H and O–H groups in total. The number of sulfonamides is 1. The summed E-state index contributed by atoms with van der Waals surface area (Å²) in [4.78, 5) is 2.86. The third-order valence-electron chi connectivity index (χ3n) is 3.48. The van der Waals surface area contributed by atoms with Crippen LogP contribution in [0.1, 0.15) is 17.9 Å². The van der Waals surface area contributed by atoms with Crippen LogP contribution in [0.2, 0.25) is 0 Å². The summed E-state index contributed by atoms with van der Waals surface area (Å²) in [6.07, 6.45) is -7.61. The molecule has 0 aliphatic heterocycles. The van der Waals surface area contributed by atoms with E-state index >= 15 is 0 Å². The maximum absolute atomic E-state index is 12.7. The van der Waals surface area contributed by atoms with Gasteiger partial charge in [0.15, 0.2) is 0 Å². The number of hydrogen-bond donors (Lipinski definition) is 1. The molecule has 0 saturated heterocycles. The number of halogens is 5. The van der Waals surface area contributed by atoms with E-state index in [2.05, 4.69) is 19.4 Å². The Kier molecular flexibility index (Phi) is 5.06. The molecule has 12 heteroatoms. The van der Waals surface area contributed by atoms with E-state index in [9.17, 15) is 30.4 Å². The predicted octanol–water partition coefficient (Wildman–Crippen LogP) is 4.49. The van der Waals surface area contributed by atoms with Crippen LogP contribution >= 0.6 is 0 Å². The first-order valence-electron chi connectivity index (χ1n) is 7.48. The van der Waals surface area contributed by atoms with Gasteiger partial charge in [-0.3, -0.25) is 4.72 Å². The highest BCUT2D eigenvalue weighted by Crippen LogP contribution is 2.30. The van der Waals surface area contributed by atoms with Crippen LogP contribution in [-0.4, -0.2) is 18.6 Å². The SMILES string of the molecule is O=S(=O)(Nc1ccc(-c2noc(C(F)(F)F)n2)cc1)c1cccc(C(F)F)c1. The van der Waals surface area contributed by atoms with Gasteiger partial charge in [-0.1, -0.05) is 17.3 Å². The number of nitrogens with one attached hydrogen (secondary N) is 1. The molecule has 1 heterocycles. The minimum atomic E-state index is -4.78. The van der Waals surface area contributed by atoms with Crippen LogP contribution in [0.15, 0.2) is 57.9 Å². The van der Waals surface area contributed by atoms with Gasteiger partial charge in [0.1, 0.15) is 0 Å². The third-order valence-corrected chi connectivity index (χ3v) is 4.86. The van der Waals surface area contributed by atoms with Gasteiger partial charge in [-0.25, -0.2) is 17.2 Å². The fourth-order valence-corrected chi connectivity index (χ4v) is 3.29. The van der Waals surface area contributed by atoms with Gasteiger partial charge in [-0.15, -0.1) is 0 Å². The minimum Gasteiger partial charge on any atom is -0.329 e. The number of aromatic nitrogens is 2. The second kappa shape index (κ2) is 7.19. The van der Waals surface area contributed by atoms with E-state index in [4.69, 9.17) is 0 Å². The fraction of sp³-hybridized carbons (Fsp3) is 0.125. The summed E-state index contributed by atoms with van der Waals surface area (Å²) in [6.45, 7) is 0. The lowest BCUT2D eigenvalue weighted by Gasteiger charge is -2.09. The Morgan fingerprint density at radius 3 is 2.29 bits per heavy atom. The molecule has 28 heavy (non-hydrogen) atoms. The monoisotopic (exact) mass is 419 g/mol. The topological polar surface area (TPSA) is 85.1 Å². The third kappa shape index (κ3) is 4.27. The lowest BCUT2D eigenvalue weighted by atomic mass is 10.2. The molecule has 0 atom stereocenters. The van der Waals surface area contributed by atoms with E-state index in [-0.39, 0.29) is 22.0 Å². The maximum atomic E-state index is 12.7. The van der Waals surface area contributed by atoms with Crippen LogP contribution in [0.5, 0.6) is 0 Å². The number of nitrogens with zero attached hydrogens (tertiary/aromatic N) is 2. The van der Waals surface area contributed by atoms with Crippen LogP contribution in [0, 0.1) is 0 Å². The Morgan fingerprint density at radius 2 is 1.71 bits per heavy atom. The van der Waals surface area contributed by atoms with Crippen molar-refractivity contribution in [2.24, 2.45) is 0 Å². The number of hydrogen-bond acceptors (Lipinski definition) is 5. The van der Waals surface area contributed by atoms with Crippen LogP contribution in [0.4, 0.5) is 27.6 Å². The molecule has 0 aliphatic rings. The zero-order valence-corrected chi connectivity index (χ0v) is 14.4. The van der Waals surface area contributed by atoms with Crippen molar-refractivity contribution in [3.63, 3.8) is 0 Å². The molecule has 0 unspecified atom stereocenters. The average Bonchev–Trinajstić information content (AvgIpc) is 3.13. The smallest absolute Gasteiger partial charge is 0.329 e. The van der Waals surface area contributed by atoms with Gasteiger partial charge in [-0.2, -0.15) is 18.2 Å². The lowest BCUT2D eigenvalue weighted by Crippen LogP contribution is -2.13. The highest BCUT2D eigenvalue weighted by atomic mass is 32.2. The predicted molar refractivity (Wildman–Crippen MR) is 86.9 cm³/mol. The van der Waals surface area contributed by atoms with E-state index in [1.54, 1.807) is 0 Å². The Balaban J connectivity index is 1.80. The number of rotatable bonds is 5. The molecule has 0 spiro atoms. The molecule has 6 nitrogen and oxygen atoms in total. The van der Waals surface area contributed by atoms with Gasteiger partial charge in [0, 0.05) is 16.8 Å². The molecule has 0 radical (unpaired) electrons. The molecule has 148 valence electrons. The molecule has 0 aliphatic carbocycles. The Labute approximate surface area is 155 Å². The van der Waals surface area contributed by atoms with E-state index < -0.39 is 34.1 Å². The highest BCUT2D eigenvalue weighted by Gasteiger charge is 2.38. The summed E-state index contributed by atoms with van der Waals surface area (Å²) < 4.78 is 93.9. The largest absolute Gasteiger partial charge is 0.471 e. The summed E-state index contributed by atoms with van der Waals surface area (Å²) in [6, 6.07) is 9.35. The molecular formula is C16H10F5N3O3S. The van der Waals surface area contributed by atoms with Crippen LogP contribution in [-0.2, 0) is 16.2 Å². The summed E-state index contributed by atoms with van der Waals surface area (Å²) in [5.74, 6) is -1.84. The molecule has 0 fully saturated rings. The van der Waals surface area contributed by atoms with E-state index in [1.165, 1.54) is 30.3 Å². The van der Waals surface area contributed by atoms with Crippen molar-refractivity contribution in [2.45, 2.75) is 17.5 Å². The highest BCUT2D eigenvalue weighted by molar-refractivity contribution is 7.92. The summed E-state index contributed by atoms with van der Waals surface area (Å²) >= 11 is 0. The summed E-state index contributed by atoms with van der Waals surface area (Å²) in [5, 5.41) is 3.22. The Bertz CT molecular complexity index is 1080. The van der Waals surface area contributed by atoms with Crippen molar-refractivity contribution in [1.29, 1.82) is 0 Å². The van der Waals surface area contributed by atoms with Gasteiger partial charge < -0.3 is 4.52 Å². The first kappa shape index (κ1) is 19.7. The second-order valence-corrected chi connectivity index (χ2v) is 7.16. The standard InChI is InChI=1S/C16H10F5N3O3S/c17-13(18)10-2-1-3-12(8-10)28(25,26)24-11-6-4-9(5-7-11)14-22-15(27-23-14)16(19,20)21/h1-8,13,24H. The first-order valence-corrected chi connectivity index (χ1v) is 8.97. The molecular weight excluding hydrogens is 409 g/mol. The first-order chi connectivity index (χ1) is 13.1. The molecule has 2 aromatic carbocycles. The van der Waals surface area contributed by atoms with Gasteiger partial charge in [0.2, 0.25) is 5.82 Å². The maximum Gasteiger partial charge on any atom is 0.471 e. The zero-order chi connectivity index (χ0) is 20.5. The lowest BCUT2D eigenvalue weighted by molar-refractivity contribution is -0.159. The number of alkyl halides is 5. The van der Waals surface area contributed by atoms with Gasteiger partial charge in [-0.05, 0) is 36.4 Å². The summed E-state index contributed by atoms with van der Waals surface area (Å²) in [5.41, 5.74) is -0.233. The Hall–Kier alpha value is -3.02. The fourth-order valence-electron chi connectivity index (χ4n) is 2.17. The van der Waals surface area contributed by atoms with Crippen LogP contribution < -0.4 is 4.72 Å². The molecule has 0 bridgehead atoms. The van der Waals surface area contributed by atoms with Crippen molar-refractivity contribution in [1.82, 2.24) is 10.1 Å². The van der Waals surface area contributed by atoms with Gasteiger partial charge in [0.05, 0.1) is 4.90 Å². The van der Waals surface area contributed by atoms with E-state index in [1.807, 2.05) is 0 Å². The second-order valence-electron chi connectivity index (χ2n) is 5.48. The van der Waals surface area contributed by atoms with Crippen LogP contribution in [0.25, 0.3) is 11.4 Å². The molecule has 3 aromatic rings. The van der Waals surface area contributed by atoms with Crippen molar-refractivity contribution in [3.05, 3.63) is 60.0 Å². The van der Waals surface area contributed by atoms with E-state index in [0.717, 1.165) is 18.2 Å². The van der Waals surface area contributed by atoms with Crippen molar-refractivity contribution in [3.8, 4) is 11.4 Å². The van der Waals surface area contributed by atoms with Crippen molar-refractivity contribution >= 4 is 15.7 Å². The molecule has 1 aromatic heterocycles. The van der Waals surface area contributed by atoms with Crippen molar-refractivity contribution < 1.29 is 34.9 Å². The van der Waals surface area contributed by atoms with Gasteiger partial charge >= 0.3 is 12.1 Å². The Morgan fingerprint density at radius 1 is 1.04 bits per heavy atom. The normalized spacial score (nSPS) is 12.4. The van der Waals surface area contributed by atoms with Crippen molar-refractivity contribution in [2.75, 3.05) is 4.72 Å². The number of benzene rings is 2. The quantitative estimate of drug-likeness (QED) is 0.616. The van der Waals surface area contributed by atoms with Crippen LogP contribution in [0.3, 0.4) is 0 Å². The minimum absolute atomic E-state index is 0.0609.